The highest BCUT2D eigenvalue weighted by Gasteiger charge is 2.44. The van der Waals surface area contributed by atoms with Crippen molar-refractivity contribution in [1.29, 1.82) is 0 Å². The van der Waals surface area contributed by atoms with Crippen LogP contribution in [0.4, 0.5) is 8.78 Å². The number of nitrogens with two attached hydrogens (primary N) is 1. The van der Waals surface area contributed by atoms with E-state index in [1.165, 1.54) is 0 Å². The molecule has 0 amide bonds. The van der Waals surface area contributed by atoms with E-state index in [1.807, 2.05) is 0 Å². The van der Waals surface area contributed by atoms with Gasteiger partial charge in [-0.25, -0.2) is 8.78 Å². The summed E-state index contributed by atoms with van der Waals surface area (Å²) in [5, 5.41) is 0. The molecule has 1 nitrogen and oxygen atoms in total. The molecule has 2 rings (SSSR count). The monoisotopic (exact) mass is 267 g/mol. The van der Waals surface area contributed by atoms with E-state index in [-0.39, 0.29) is 5.92 Å². The lowest BCUT2D eigenvalue weighted by Crippen LogP contribution is -2.50. The van der Waals surface area contributed by atoms with E-state index >= 15 is 0 Å². The number of hydrogen-bond donors (Lipinski definition) is 1. The molecular weight excluding hydrogens is 244 g/mol. The van der Waals surface area contributed by atoms with Gasteiger partial charge in [0.05, 0.1) is 0 Å². The fourth-order valence-electron chi connectivity index (χ4n) is 3.65. The SMILES string of the molecule is CC1CCC(C(C)C)C(N)(c2cccc(F)c2F)C1. The average Bonchev–Trinajstić information content (AvgIpc) is 2.31. The van der Waals surface area contributed by atoms with Gasteiger partial charge in [-0.3, -0.25) is 0 Å². The summed E-state index contributed by atoms with van der Waals surface area (Å²) in [6, 6.07) is 4.35. The molecule has 1 aromatic rings. The molecule has 19 heavy (non-hydrogen) atoms. The molecule has 2 N–H and O–H groups in total. The van der Waals surface area contributed by atoms with Gasteiger partial charge in [0.2, 0.25) is 0 Å². The van der Waals surface area contributed by atoms with Gasteiger partial charge in [-0.05, 0) is 36.7 Å². The summed E-state index contributed by atoms with van der Waals surface area (Å²) in [5.41, 5.74) is 6.17. The summed E-state index contributed by atoms with van der Waals surface area (Å²) in [6.07, 6.45) is 2.81. The van der Waals surface area contributed by atoms with Crippen LogP contribution in [0.25, 0.3) is 0 Å². The van der Waals surface area contributed by atoms with Crippen molar-refractivity contribution in [3.8, 4) is 0 Å². The Labute approximate surface area is 114 Å². The number of halogens is 2. The second-order valence-electron chi connectivity index (χ2n) is 6.38. The van der Waals surface area contributed by atoms with Crippen LogP contribution in [0.2, 0.25) is 0 Å². The van der Waals surface area contributed by atoms with E-state index in [4.69, 9.17) is 5.73 Å². The van der Waals surface area contributed by atoms with Crippen molar-refractivity contribution in [2.45, 2.75) is 45.6 Å². The smallest absolute Gasteiger partial charge is 0.163 e. The largest absolute Gasteiger partial charge is 0.321 e. The van der Waals surface area contributed by atoms with E-state index < -0.39 is 17.2 Å². The summed E-state index contributed by atoms with van der Waals surface area (Å²) in [5.74, 6) is -0.573. The van der Waals surface area contributed by atoms with Crippen molar-refractivity contribution in [2.24, 2.45) is 23.5 Å². The highest BCUT2D eigenvalue weighted by atomic mass is 19.2. The summed E-state index contributed by atoms with van der Waals surface area (Å²) in [7, 11) is 0. The van der Waals surface area contributed by atoms with Gasteiger partial charge >= 0.3 is 0 Å². The van der Waals surface area contributed by atoms with Crippen LogP contribution in [0.5, 0.6) is 0 Å². The molecule has 1 fully saturated rings. The van der Waals surface area contributed by atoms with E-state index in [2.05, 4.69) is 20.8 Å². The van der Waals surface area contributed by atoms with Crippen LogP contribution in [-0.4, -0.2) is 0 Å². The van der Waals surface area contributed by atoms with E-state index in [9.17, 15) is 8.78 Å². The zero-order valence-corrected chi connectivity index (χ0v) is 11.9. The first-order chi connectivity index (χ1) is 8.86. The van der Waals surface area contributed by atoms with Crippen LogP contribution in [0.15, 0.2) is 18.2 Å². The quantitative estimate of drug-likeness (QED) is 0.853. The fraction of sp³-hybridized carbons (Fsp3) is 0.625. The number of benzene rings is 1. The van der Waals surface area contributed by atoms with E-state index in [0.717, 1.165) is 25.3 Å². The normalized spacial score (nSPS) is 31.7. The maximum absolute atomic E-state index is 14.1. The molecule has 0 aliphatic heterocycles. The Balaban J connectivity index is 2.49. The third-order valence-electron chi connectivity index (χ3n) is 4.58. The zero-order valence-electron chi connectivity index (χ0n) is 11.9. The first kappa shape index (κ1) is 14.4. The predicted molar refractivity (Wildman–Crippen MR) is 73.6 cm³/mol. The fourth-order valence-corrected chi connectivity index (χ4v) is 3.65. The highest BCUT2D eigenvalue weighted by Crippen LogP contribution is 2.46. The molecule has 0 heterocycles. The van der Waals surface area contributed by atoms with Crippen molar-refractivity contribution in [3.63, 3.8) is 0 Å². The predicted octanol–water partition coefficient (Wildman–Crippen LogP) is 4.21. The molecule has 0 spiro atoms. The molecule has 0 saturated heterocycles. The molecule has 0 radical (unpaired) electrons. The molecule has 0 bridgehead atoms. The molecule has 1 aliphatic rings. The van der Waals surface area contributed by atoms with Crippen molar-refractivity contribution < 1.29 is 8.78 Å². The van der Waals surface area contributed by atoms with Gasteiger partial charge in [0, 0.05) is 11.1 Å². The minimum Gasteiger partial charge on any atom is -0.321 e. The van der Waals surface area contributed by atoms with Gasteiger partial charge in [-0.1, -0.05) is 39.3 Å². The van der Waals surface area contributed by atoms with Crippen LogP contribution in [0, 0.1) is 29.4 Å². The van der Waals surface area contributed by atoms with Crippen LogP contribution in [-0.2, 0) is 5.54 Å². The first-order valence-corrected chi connectivity index (χ1v) is 7.09. The van der Waals surface area contributed by atoms with Crippen molar-refractivity contribution in [3.05, 3.63) is 35.4 Å². The van der Waals surface area contributed by atoms with Gasteiger partial charge in [-0.2, -0.15) is 0 Å². The van der Waals surface area contributed by atoms with Crippen molar-refractivity contribution in [1.82, 2.24) is 0 Å². The summed E-state index contributed by atoms with van der Waals surface area (Å²) in [6.45, 7) is 6.36. The number of hydrogen-bond acceptors (Lipinski definition) is 1. The Morgan fingerprint density at radius 2 is 1.95 bits per heavy atom. The third kappa shape index (κ3) is 2.53. The molecule has 1 saturated carbocycles. The lowest BCUT2D eigenvalue weighted by molar-refractivity contribution is 0.104. The Hall–Kier alpha value is -0.960. The molecule has 1 aliphatic carbocycles. The Bertz CT molecular complexity index is 458. The lowest BCUT2D eigenvalue weighted by atomic mass is 9.62. The van der Waals surface area contributed by atoms with Gasteiger partial charge in [0.25, 0.3) is 0 Å². The Morgan fingerprint density at radius 3 is 2.58 bits per heavy atom. The minimum absolute atomic E-state index is 0.194. The maximum atomic E-state index is 14.1. The molecule has 1 aromatic carbocycles. The highest BCUT2D eigenvalue weighted by molar-refractivity contribution is 5.29. The molecule has 3 heteroatoms. The molecule has 0 aromatic heterocycles. The molecule has 3 unspecified atom stereocenters. The van der Waals surface area contributed by atoms with Crippen LogP contribution in [0.1, 0.15) is 45.6 Å². The topological polar surface area (TPSA) is 26.0 Å². The third-order valence-corrected chi connectivity index (χ3v) is 4.58. The molecular formula is C16H23F2N. The Morgan fingerprint density at radius 1 is 1.26 bits per heavy atom. The van der Waals surface area contributed by atoms with Gasteiger partial charge in [-0.15, -0.1) is 0 Å². The Kier molecular flexibility index (Phi) is 3.95. The summed E-state index contributed by atoms with van der Waals surface area (Å²) >= 11 is 0. The van der Waals surface area contributed by atoms with Crippen molar-refractivity contribution in [2.75, 3.05) is 0 Å². The summed E-state index contributed by atoms with van der Waals surface area (Å²) in [4.78, 5) is 0. The molecule has 106 valence electrons. The van der Waals surface area contributed by atoms with Crippen LogP contribution in [0.3, 0.4) is 0 Å². The van der Waals surface area contributed by atoms with Gasteiger partial charge < -0.3 is 5.73 Å². The van der Waals surface area contributed by atoms with E-state index in [0.29, 0.717) is 17.4 Å². The zero-order chi connectivity index (χ0) is 14.2. The van der Waals surface area contributed by atoms with Crippen LogP contribution >= 0.6 is 0 Å². The van der Waals surface area contributed by atoms with Crippen molar-refractivity contribution >= 4 is 0 Å². The van der Waals surface area contributed by atoms with Gasteiger partial charge in [0.1, 0.15) is 0 Å². The molecule has 3 atom stereocenters. The lowest BCUT2D eigenvalue weighted by Gasteiger charge is -2.46. The summed E-state index contributed by atoms with van der Waals surface area (Å²) < 4.78 is 27.6. The average molecular weight is 267 g/mol. The first-order valence-electron chi connectivity index (χ1n) is 7.09. The standard InChI is InChI=1S/C16H23F2N/c1-10(2)12-8-7-11(3)9-16(12,19)13-5-4-6-14(17)15(13)18/h4-6,10-12H,7-9,19H2,1-3H3. The second-order valence-corrected chi connectivity index (χ2v) is 6.38. The maximum Gasteiger partial charge on any atom is 0.163 e. The second kappa shape index (κ2) is 5.20. The minimum atomic E-state index is -0.803. The van der Waals surface area contributed by atoms with Crippen LogP contribution < -0.4 is 5.73 Å². The van der Waals surface area contributed by atoms with E-state index in [1.54, 1.807) is 12.1 Å². The number of rotatable bonds is 2. The van der Waals surface area contributed by atoms with Gasteiger partial charge in [0.15, 0.2) is 11.6 Å².